The van der Waals surface area contributed by atoms with Gasteiger partial charge in [-0.3, -0.25) is 4.79 Å². The first-order chi connectivity index (χ1) is 8.75. The molecule has 4 nitrogen and oxygen atoms in total. The van der Waals surface area contributed by atoms with Crippen molar-refractivity contribution in [3.05, 3.63) is 29.8 Å². The molecule has 0 spiro atoms. The third-order valence-corrected chi connectivity index (χ3v) is 3.32. The SMILES string of the molecule is O=C(NCCc1ccc(O)cc1)C1CCCNC1. The number of benzene rings is 1. The molecular formula is C14H20N2O2. The molecule has 1 amide bonds. The normalized spacial score (nSPS) is 19.4. The molecule has 1 saturated heterocycles. The molecule has 2 rings (SSSR count). The van der Waals surface area contributed by atoms with E-state index in [1.807, 2.05) is 12.1 Å². The zero-order chi connectivity index (χ0) is 12.8. The van der Waals surface area contributed by atoms with Crippen LogP contribution in [-0.2, 0) is 11.2 Å². The standard InChI is InChI=1S/C14H20N2O2/c17-13-5-3-11(4-6-13)7-9-16-14(18)12-2-1-8-15-10-12/h3-6,12,15,17H,1-2,7-10H2,(H,16,18). The Bertz CT molecular complexity index is 383. The molecule has 98 valence electrons. The van der Waals surface area contributed by atoms with Gasteiger partial charge in [-0.1, -0.05) is 12.1 Å². The molecule has 1 atom stereocenters. The van der Waals surface area contributed by atoms with Gasteiger partial charge in [-0.05, 0) is 43.5 Å². The molecule has 1 aromatic carbocycles. The lowest BCUT2D eigenvalue weighted by atomic mass is 9.99. The van der Waals surface area contributed by atoms with Crippen molar-refractivity contribution >= 4 is 5.91 Å². The van der Waals surface area contributed by atoms with Gasteiger partial charge in [0.1, 0.15) is 5.75 Å². The molecule has 1 aliphatic rings. The molecule has 18 heavy (non-hydrogen) atoms. The van der Waals surface area contributed by atoms with Gasteiger partial charge in [0.05, 0.1) is 5.92 Å². The Morgan fingerprint density at radius 1 is 1.39 bits per heavy atom. The van der Waals surface area contributed by atoms with E-state index in [4.69, 9.17) is 5.11 Å². The zero-order valence-corrected chi connectivity index (χ0v) is 10.5. The number of hydrogen-bond donors (Lipinski definition) is 3. The van der Waals surface area contributed by atoms with Crippen LogP contribution in [0.5, 0.6) is 5.75 Å². The predicted molar refractivity (Wildman–Crippen MR) is 70.4 cm³/mol. The van der Waals surface area contributed by atoms with Crippen LogP contribution in [0.2, 0.25) is 0 Å². The van der Waals surface area contributed by atoms with Crippen LogP contribution in [0.1, 0.15) is 18.4 Å². The van der Waals surface area contributed by atoms with Crippen molar-refractivity contribution < 1.29 is 9.90 Å². The summed E-state index contributed by atoms with van der Waals surface area (Å²) in [5, 5.41) is 15.4. The molecule has 0 saturated carbocycles. The number of rotatable bonds is 4. The van der Waals surface area contributed by atoms with Crippen molar-refractivity contribution in [2.75, 3.05) is 19.6 Å². The van der Waals surface area contributed by atoms with E-state index >= 15 is 0 Å². The van der Waals surface area contributed by atoms with E-state index in [1.165, 1.54) is 0 Å². The molecule has 1 unspecified atom stereocenters. The number of nitrogens with one attached hydrogen (secondary N) is 2. The van der Waals surface area contributed by atoms with Gasteiger partial charge in [-0.25, -0.2) is 0 Å². The third kappa shape index (κ3) is 3.74. The lowest BCUT2D eigenvalue weighted by Gasteiger charge is -2.21. The Hall–Kier alpha value is -1.55. The minimum absolute atomic E-state index is 0.124. The molecule has 1 heterocycles. The average molecular weight is 248 g/mol. The van der Waals surface area contributed by atoms with Gasteiger partial charge < -0.3 is 15.7 Å². The second kappa shape index (κ2) is 6.40. The van der Waals surface area contributed by atoms with Crippen LogP contribution in [0, 0.1) is 5.92 Å². The van der Waals surface area contributed by atoms with Gasteiger partial charge >= 0.3 is 0 Å². The van der Waals surface area contributed by atoms with Gasteiger partial charge in [0.25, 0.3) is 0 Å². The van der Waals surface area contributed by atoms with Crippen LogP contribution >= 0.6 is 0 Å². The van der Waals surface area contributed by atoms with Crippen LogP contribution in [-0.4, -0.2) is 30.6 Å². The van der Waals surface area contributed by atoms with E-state index in [-0.39, 0.29) is 17.6 Å². The number of phenols is 1. The average Bonchev–Trinajstić information content (AvgIpc) is 2.42. The number of aromatic hydroxyl groups is 1. The van der Waals surface area contributed by atoms with Crippen molar-refractivity contribution in [1.29, 1.82) is 0 Å². The highest BCUT2D eigenvalue weighted by Gasteiger charge is 2.19. The highest BCUT2D eigenvalue weighted by molar-refractivity contribution is 5.78. The summed E-state index contributed by atoms with van der Waals surface area (Å²) in [5.74, 6) is 0.551. The first kappa shape index (κ1) is 12.9. The first-order valence-electron chi connectivity index (χ1n) is 6.52. The Kier molecular flexibility index (Phi) is 4.59. The van der Waals surface area contributed by atoms with Crippen molar-refractivity contribution in [1.82, 2.24) is 10.6 Å². The summed E-state index contributed by atoms with van der Waals surface area (Å²) in [6, 6.07) is 7.09. The van der Waals surface area contributed by atoms with E-state index in [9.17, 15) is 4.79 Å². The fourth-order valence-corrected chi connectivity index (χ4v) is 2.21. The number of hydrogen-bond acceptors (Lipinski definition) is 3. The Labute approximate surface area is 107 Å². The smallest absolute Gasteiger partial charge is 0.224 e. The number of carbonyl (C=O) groups excluding carboxylic acids is 1. The quantitative estimate of drug-likeness (QED) is 0.746. The maximum Gasteiger partial charge on any atom is 0.224 e. The molecule has 1 fully saturated rings. The van der Waals surface area contributed by atoms with Crippen LogP contribution < -0.4 is 10.6 Å². The molecule has 4 heteroatoms. The minimum Gasteiger partial charge on any atom is -0.508 e. The monoisotopic (exact) mass is 248 g/mol. The largest absolute Gasteiger partial charge is 0.508 e. The number of carbonyl (C=O) groups is 1. The summed E-state index contributed by atoms with van der Waals surface area (Å²) in [6.07, 6.45) is 2.86. The molecule has 0 radical (unpaired) electrons. The number of amides is 1. The van der Waals surface area contributed by atoms with E-state index in [1.54, 1.807) is 12.1 Å². The van der Waals surface area contributed by atoms with Crippen LogP contribution in [0.3, 0.4) is 0 Å². The molecule has 0 aliphatic carbocycles. The van der Waals surface area contributed by atoms with Gasteiger partial charge in [0.15, 0.2) is 0 Å². The number of piperidine rings is 1. The van der Waals surface area contributed by atoms with Crippen LogP contribution in [0.15, 0.2) is 24.3 Å². The molecular weight excluding hydrogens is 228 g/mol. The first-order valence-corrected chi connectivity index (χ1v) is 6.52. The zero-order valence-electron chi connectivity index (χ0n) is 10.5. The summed E-state index contributed by atoms with van der Waals surface area (Å²) in [6.45, 7) is 2.47. The van der Waals surface area contributed by atoms with Crippen LogP contribution in [0.4, 0.5) is 0 Å². The third-order valence-electron chi connectivity index (χ3n) is 3.32. The van der Waals surface area contributed by atoms with E-state index in [0.29, 0.717) is 6.54 Å². The van der Waals surface area contributed by atoms with Crippen molar-refractivity contribution in [3.63, 3.8) is 0 Å². The van der Waals surface area contributed by atoms with Gasteiger partial charge in [0, 0.05) is 13.1 Å². The lowest BCUT2D eigenvalue weighted by molar-refractivity contribution is -0.125. The molecule has 3 N–H and O–H groups in total. The van der Waals surface area contributed by atoms with Crippen molar-refractivity contribution in [2.24, 2.45) is 5.92 Å². The fraction of sp³-hybridized carbons (Fsp3) is 0.500. The summed E-state index contributed by atoms with van der Waals surface area (Å²) in [5.41, 5.74) is 1.12. The van der Waals surface area contributed by atoms with Crippen molar-refractivity contribution in [3.8, 4) is 5.75 Å². The van der Waals surface area contributed by atoms with Crippen LogP contribution in [0.25, 0.3) is 0 Å². The summed E-state index contributed by atoms with van der Waals surface area (Å²) in [4.78, 5) is 11.9. The van der Waals surface area contributed by atoms with Crippen molar-refractivity contribution in [2.45, 2.75) is 19.3 Å². The highest BCUT2D eigenvalue weighted by Crippen LogP contribution is 2.11. The van der Waals surface area contributed by atoms with E-state index in [2.05, 4.69) is 10.6 Å². The Balaban J connectivity index is 1.71. The maximum absolute atomic E-state index is 11.9. The summed E-state index contributed by atoms with van der Waals surface area (Å²) in [7, 11) is 0. The highest BCUT2D eigenvalue weighted by atomic mass is 16.3. The minimum atomic E-state index is 0.124. The summed E-state index contributed by atoms with van der Waals surface area (Å²) >= 11 is 0. The van der Waals surface area contributed by atoms with E-state index in [0.717, 1.165) is 37.9 Å². The topological polar surface area (TPSA) is 61.4 Å². The second-order valence-corrected chi connectivity index (χ2v) is 4.75. The summed E-state index contributed by atoms with van der Waals surface area (Å²) < 4.78 is 0. The second-order valence-electron chi connectivity index (χ2n) is 4.75. The Morgan fingerprint density at radius 2 is 2.17 bits per heavy atom. The fourth-order valence-electron chi connectivity index (χ4n) is 2.21. The molecule has 0 aromatic heterocycles. The van der Waals surface area contributed by atoms with Gasteiger partial charge in [0.2, 0.25) is 5.91 Å². The van der Waals surface area contributed by atoms with E-state index < -0.39 is 0 Å². The Morgan fingerprint density at radius 3 is 2.83 bits per heavy atom. The van der Waals surface area contributed by atoms with Gasteiger partial charge in [-0.2, -0.15) is 0 Å². The lowest BCUT2D eigenvalue weighted by Crippen LogP contribution is -2.41. The molecule has 0 bridgehead atoms. The predicted octanol–water partition coefficient (Wildman–Crippen LogP) is 1.05. The molecule has 1 aromatic rings. The van der Waals surface area contributed by atoms with Gasteiger partial charge in [-0.15, -0.1) is 0 Å². The number of phenolic OH excluding ortho intramolecular Hbond substituents is 1. The maximum atomic E-state index is 11.9. The molecule has 1 aliphatic heterocycles.